The molecule has 1 aliphatic rings. The van der Waals surface area contributed by atoms with Gasteiger partial charge in [0.25, 0.3) is 5.91 Å². The molecule has 4 nitrogen and oxygen atoms in total. The molecule has 0 spiro atoms. The molecule has 0 radical (unpaired) electrons. The first-order valence-electron chi connectivity index (χ1n) is 7.32. The molecule has 0 aliphatic heterocycles. The average Bonchev–Trinajstić information content (AvgIpc) is 2.43. The number of amides is 1. The number of carbonyl (C=O) groups is 1. The number of nitrogens with zero attached hydrogens (tertiary/aromatic N) is 1. The minimum Gasteiger partial charge on any atom is -0.370 e. The van der Waals surface area contributed by atoms with Crippen molar-refractivity contribution >= 4 is 27.7 Å². The Morgan fingerprint density at radius 1 is 1.45 bits per heavy atom. The fraction of sp³-hybridized carbons (Fsp3) is 0.600. The van der Waals surface area contributed by atoms with E-state index in [0.29, 0.717) is 17.3 Å². The van der Waals surface area contributed by atoms with Gasteiger partial charge in [0.2, 0.25) is 0 Å². The van der Waals surface area contributed by atoms with Gasteiger partial charge in [0.15, 0.2) is 0 Å². The Bertz CT molecular complexity index is 478. The number of aromatic nitrogens is 1. The van der Waals surface area contributed by atoms with Crippen molar-refractivity contribution in [2.75, 3.05) is 11.9 Å². The smallest absolute Gasteiger partial charge is 0.255 e. The molecule has 1 aliphatic carbocycles. The highest BCUT2D eigenvalue weighted by Gasteiger charge is 2.24. The monoisotopic (exact) mass is 339 g/mol. The van der Waals surface area contributed by atoms with Crippen LogP contribution in [-0.4, -0.2) is 23.5 Å². The minimum atomic E-state index is -0.0338. The second-order valence-electron chi connectivity index (χ2n) is 5.42. The van der Waals surface area contributed by atoms with Crippen LogP contribution in [0, 0.1) is 5.92 Å². The van der Waals surface area contributed by atoms with E-state index >= 15 is 0 Å². The van der Waals surface area contributed by atoms with E-state index in [1.165, 1.54) is 19.3 Å². The van der Waals surface area contributed by atoms with E-state index in [2.05, 4.69) is 38.5 Å². The van der Waals surface area contributed by atoms with Gasteiger partial charge in [-0.15, -0.1) is 0 Å². The van der Waals surface area contributed by atoms with Crippen LogP contribution in [0.15, 0.2) is 16.7 Å². The number of carbonyl (C=O) groups excluding carboxylic acids is 1. The van der Waals surface area contributed by atoms with E-state index in [9.17, 15) is 4.79 Å². The summed E-state index contributed by atoms with van der Waals surface area (Å²) in [6, 6.07) is 2.11. The second-order valence-corrected chi connectivity index (χ2v) is 6.34. The molecule has 2 unspecified atom stereocenters. The maximum absolute atomic E-state index is 12.5. The molecule has 1 heterocycles. The van der Waals surface area contributed by atoms with Gasteiger partial charge in [0, 0.05) is 23.3 Å². The molecule has 0 saturated heterocycles. The molecule has 1 amide bonds. The Hall–Kier alpha value is -1.10. The summed E-state index contributed by atoms with van der Waals surface area (Å²) in [5.41, 5.74) is 0.610. The molecule has 1 fully saturated rings. The van der Waals surface area contributed by atoms with Gasteiger partial charge in [0.05, 0.1) is 5.56 Å². The molecule has 20 heavy (non-hydrogen) atoms. The number of hydrogen-bond donors (Lipinski definition) is 2. The lowest BCUT2D eigenvalue weighted by molar-refractivity contribution is 0.0910. The zero-order valence-corrected chi connectivity index (χ0v) is 13.7. The number of nitrogens with one attached hydrogen (secondary N) is 2. The van der Waals surface area contributed by atoms with Crippen LogP contribution in [0.2, 0.25) is 0 Å². The van der Waals surface area contributed by atoms with E-state index in [-0.39, 0.29) is 11.9 Å². The van der Waals surface area contributed by atoms with Crippen LogP contribution >= 0.6 is 15.9 Å². The molecule has 1 aromatic rings. The Morgan fingerprint density at radius 3 is 2.90 bits per heavy atom. The van der Waals surface area contributed by atoms with Crippen LogP contribution in [0.1, 0.15) is 49.9 Å². The second kappa shape index (κ2) is 7.07. The van der Waals surface area contributed by atoms with Crippen molar-refractivity contribution in [2.24, 2.45) is 5.92 Å². The summed E-state index contributed by atoms with van der Waals surface area (Å²) < 4.78 is 0.820. The fourth-order valence-electron chi connectivity index (χ4n) is 2.70. The van der Waals surface area contributed by atoms with Gasteiger partial charge < -0.3 is 10.6 Å². The first kappa shape index (κ1) is 15.3. The Balaban J connectivity index is 2.13. The first-order chi connectivity index (χ1) is 9.61. The van der Waals surface area contributed by atoms with Crippen LogP contribution in [-0.2, 0) is 0 Å². The number of hydrogen-bond acceptors (Lipinski definition) is 3. The highest BCUT2D eigenvalue weighted by molar-refractivity contribution is 9.10. The highest BCUT2D eigenvalue weighted by atomic mass is 79.9. The fourth-order valence-corrected chi connectivity index (χ4v) is 3.03. The van der Waals surface area contributed by atoms with E-state index in [4.69, 9.17) is 0 Å². The predicted molar refractivity (Wildman–Crippen MR) is 85.0 cm³/mol. The molecular formula is C15H22BrN3O. The van der Waals surface area contributed by atoms with Crippen molar-refractivity contribution in [3.05, 3.63) is 22.3 Å². The summed E-state index contributed by atoms with van der Waals surface area (Å²) in [6.45, 7) is 4.96. The van der Waals surface area contributed by atoms with E-state index in [1.807, 2.05) is 13.0 Å². The molecule has 110 valence electrons. The van der Waals surface area contributed by atoms with Gasteiger partial charge in [-0.1, -0.05) is 19.8 Å². The summed E-state index contributed by atoms with van der Waals surface area (Å²) in [5.74, 6) is 1.17. The van der Waals surface area contributed by atoms with Gasteiger partial charge in [-0.2, -0.15) is 0 Å². The van der Waals surface area contributed by atoms with Crippen LogP contribution in [0.3, 0.4) is 0 Å². The summed E-state index contributed by atoms with van der Waals surface area (Å²) in [6.07, 6.45) is 6.45. The lowest BCUT2D eigenvalue weighted by Crippen LogP contribution is -2.41. The topological polar surface area (TPSA) is 54.0 Å². The zero-order chi connectivity index (χ0) is 14.5. The van der Waals surface area contributed by atoms with Gasteiger partial charge in [-0.3, -0.25) is 4.79 Å². The highest BCUT2D eigenvalue weighted by Crippen LogP contribution is 2.25. The third-order valence-corrected chi connectivity index (χ3v) is 4.30. The standard InChI is InChI=1S/C15H22BrN3O/c1-3-17-14-12(8-11(16)9-18-14)15(20)19-13-7-5-4-6-10(13)2/h8-10,13H,3-7H2,1-2H3,(H,17,18)(H,19,20). The number of halogens is 1. The van der Waals surface area contributed by atoms with Gasteiger partial charge in [-0.05, 0) is 47.7 Å². The molecule has 2 N–H and O–H groups in total. The Morgan fingerprint density at radius 2 is 2.20 bits per heavy atom. The average molecular weight is 340 g/mol. The van der Waals surface area contributed by atoms with Crippen LogP contribution in [0.25, 0.3) is 0 Å². The summed E-state index contributed by atoms with van der Waals surface area (Å²) in [4.78, 5) is 16.8. The van der Waals surface area contributed by atoms with Crippen LogP contribution < -0.4 is 10.6 Å². The maximum Gasteiger partial charge on any atom is 0.255 e. The Labute approximate surface area is 128 Å². The molecule has 5 heteroatoms. The molecule has 2 atom stereocenters. The third kappa shape index (κ3) is 3.72. The van der Waals surface area contributed by atoms with Crippen molar-refractivity contribution in [2.45, 2.75) is 45.6 Å². The van der Waals surface area contributed by atoms with Crippen molar-refractivity contribution in [3.8, 4) is 0 Å². The Kier molecular flexibility index (Phi) is 5.40. The molecular weight excluding hydrogens is 318 g/mol. The number of pyridine rings is 1. The summed E-state index contributed by atoms with van der Waals surface area (Å²) in [7, 11) is 0. The number of anilines is 1. The molecule has 0 bridgehead atoms. The molecule has 0 aromatic carbocycles. The van der Waals surface area contributed by atoms with Gasteiger partial charge in [-0.25, -0.2) is 4.98 Å². The molecule has 1 saturated carbocycles. The summed E-state index contributed by atoms with van der Waals surface area (Å²) >= 11 is 3.38. The minimum absolute atomic E-state index is 0.0338. The van der Waals surface area contributed by atoms with Gasteiger partial charge >= 0.3 is 0 Å². The SMILES string of the molecule is CCNc1ncc(Br)cc1C(=O)NC1CCCCC1C. The number of rotatable bonds is 4. The molecule has 2 rings (SSSR count). The van der Waals surface area contributed by atoms with Crippen molar-refractivity contribution in [3.63, 3.8) is 0 Å². The third-order valence-electron chi connectivity index (χ3n) is 3.87. The van der Waals surface area contributed by atoms with Crippen LogP contribution in [0.4, 0.5) is 5.82 Å². The lowest BCUT2D eigenvalue weighted by atomic mass is 9.86. The molecule has 1 aromatic heterocycles. The van der Waals surface area contributed by atoms with E-state index in [0.717, 1.165) is 17.4 Å². The largest absolute Gasteiger partial charge is 0.370 e. The van der Waals surface area contributed by atoms with Crippen molar-refractivity contribution < 1.29 is 4.79 Å². The van der Waals surface area contributed by atoms with E-state index in [1.54, 1.807) is 6.20 Å². The maximum atomic E-state index is 12.5. The van der Waals surface area contributed by atoms with Crippen molar-refractivity contribution in [1.82, 2.24) is 10.3 Å². The van der Waals surface area contributed by atoms with Crippen LogP contribution in [0.5, 0.6) is 0 Å². The van der Waals surface area contributed by atoms with Crippen molar-refractivity contribution in [1.29, 1.82) is 0 Å². The first-order valence-corrected chi connectivity index (χ1v) is 8.11. The van der Waals surface area contributed by atoms with Gasteiger partial charge in [0.1, 0.15) is 5.82 Å². The van der Waals surface area contributed by atoms with E-state index < -0.39 is 0 Å². The quantitative estimate of drug-likeness (QED) is 0.881. The summed E-state index contributed by atoms with van der Waals surface area (Å²) in [5, 5.41) is 6.31. The zero-order valence-electron chi connectivity index (χ0n) is 12.1. The normalized spacial score (nSPS) is 22.4. The predicted octanol–water partition coefficient (Wildman–Crippen LogP) is 3.58. The lowest BCUT2D eigenvalue weighted by Gasteiger charge is -2.29.